The van der Waals surface area contributed by atoms with Crippen LogP contribution in [0.25, 0.3) is 0 Å². The Morgan fingerprint density at radius 2 is 1.87 bits per heavy atom. The Bertz CT molecular complexity index is 226. The third kappa shape index (κ3) is 4.83. The Kier molecular flexibility index (Phi) is 6.77. The van der Waals surface area contributed by atoms with Crippen LogP contribution in [-0.4, -0.2) is 11.4 Å². The van der Waals surface area contributed by atoms with Crippen molar-refractivity contribution in [1.82, 2.24) is 5.32 Å². The highest BCUT2D eigenvalue weighted by Crippen LogP contribution is 2.14. The lowest BCUT2D eigenvalue weighted by atomic mass is 9.94. The molecule has 0 heterocycles. The van der Waals surface area contributed by atoms with Crippen molar-refractivity contribution in [3.8, 4) is 6.07 Å². The third-order valence-electron chi connectivity index (χ3n) is 2.81. The zero-order valence-electron chi connectivity index (χ0n) is 10.1. The maximum atomic E-state index is 11.5. The van der Waals surface area contributed by atoms with E-state index in [4.69, 9.17) is 5.26 Å². The van der Waals surface area contributed by atoms with Gasteiger partial charge in [0, 0.05) is 6.42 Å². The van der Waals surface area contributed by atoms with E-state index in [9.17, 15) is 4.79 Å². The number of carbonyl (C=O) groups excluding carboxylic acids is 1. The molecule has 0 saturated heterocycles. The molecule has 0 aliphatic heterocycles. The van der Waals surface area contributed by atoms with Crippen molar-refractivity contribution in [2.75, 3.05) is 0 Å². The Morgan fingerprint density at radius 1 is 1.27 bits per heavy atom. The number of nitrogens with one attached hydrogen (secondary N) is 1. The van der Waals surface area contributed by atoms with Crippen LogP contribution in [0.1, 0.15) is 59.3 Å². The summed E-state index contributed by atoms with van der Waals surface area (Å²) in [6.45, 7) is 5.97. The lowest BCUT2D eigenvalue weighted by molar-refractivity contribution is -0.122. The van der Waals surface area contributed by atoms with Crippen LogP contribution in [0.5, 0.6) is 0 Å². The molecule has 0 aromatic heterocycles. The van der Waals surface area contributed by atoms with Crippen LogP contribution < -0.4 is 5.32 Å². The van der Waals surface area contributed by atoms with Crippen molar-refractivity contribution in [1.29, 1.82) is 5.26 Å². The van der Waals surface area contributed by atoms with E-state index in [1.54, 1.807) is 0 Å². The van der Waals surface area contributed by atoms with Crippen molar-refractivity contribution in [2.45, 2.75) is 64.8 Å². The van der Waals surface area contributed by atoms with Crippen LogP contribution in [0.4, 0.5) is 0 Å². The molecule has 0 aliphatic carbocycles. The summed E-state index contributed by atoms with van der Waals surface area (Å²) in [5.41, 5.74) is -0.650. The maximum Gasteiger partial charge on any atom is 0.221 e. The fourth-order valence-corrected chi connectivity index (χ4v) is 1.48. The first kappa shape index (κ1) is 14.0. The Labute approximate surface area is 92.9 Å². The second-order valence-corrected chi connectivity index (χ2v) is 3.91. The van der Waals surface area contributed by atoms with Crippen LogP contribution in [0.15, 0.2) is 0 Å². The Balaban J connectivity index is 4.08. The molecule has 0 unspecified atom stereocenters. The van der Waals surface area contributed by atoms with Crippen LogP contribution in [-0.2, 0) is 4.79 Å². The summed E-state index contributed by atoms with van der Waals surface area (Å²) in [5, 5.41) is 11.9. The highest BCUT2D eigenvalue weighted by atomic mass is 16.1. The highest BCUT2D eigenvalue weighted by Gasteiger charge is 2.27. The molecule has 0 aromatic carbocycles. The van der Waals surface area contributed by atoms with E-state index < -0.39 is 5.54 Å². The van der Waals surface area contributed by atoms with E-state index in [0.29, 0.717) is 19.3 Å². The van der Waals surface area contributed by atoms with Gasteiger partial charge in [-0.05, 0) is 19.3 Å². The first-order valence-electron chi connectivity index (χ1n) is 5.86. The van der Waals surface area contributed by atoms with E-state index >= 15 is 0 Å². The first-order chi connectivity index (χ1) is 7.14. The Morgan fingerprint density at radius 3 is 2.27 bits per heavy atom. The summed E-state index contributed by atoms with van der Waals surface area (Å²) < 4.78 is 0. The summed E-state index contributed by atoms with van der Waals surface area (Å²) >= 11 is 0. The number of nitriles is 1. The molecule has 3 nitrogen and oxygen atoms in total. The van der Waals surface area contributed by atoms with Gasteiger partial charge < -0.3 is 5.32 Å². The molecule has 0 saturated carbocycles. The van der Waals surface area contributed by atoms with Gasteiger partial charge in [-0.1, -0.05) is 33.6 Å². The molecule has 0 rings (SSSR count). The molecular weight excluding hydrogens is 188 g/mol. The number of carbonyl (C=O) groups is 1. The summed E-state index contributed by atoms with van der Waals surface area (Å²) in [5.74, 6) is 0.00806. The molecule has 86 valence electrons. The van der Waals surface area contributed by atoms with Crippen molar-refractivity contribution in [2.24, 2.45) is 0 Å². The fraction of sp³-hybridized carbons (Fsp3) is 0.833. The molecule has 15 heavy (non-hydrogen) atoms. The quantitative estimate of drug-likeness (QED) is 0.657. The molecule has 0 bridgehead atoms. The number of amides is 1. The standard InChI is InChI=1S/C12H22N2O/c1-4-7-8-9-11(15)14-12(5-2,6-3)10-13/h4-9H2,1-3H3,(H,14,15). The van der Waals surface area contributed by atoms with E-state index in [-0.39, 0.29) is 5.91 Å². The number of rotatable bonds is 7. The van der Waals surface area contributed by atoms with Gasteiger partial charge in [0.2, 0.25) is 5.91 Å². The van der Waals surface area contributed by atoms with Crippen molar-refractivity contribution >= 4 is 5.91 Å². The number of hydrogen-bond acceptors (Lipinski definition) is 2. The first-order valence-corrected chi connectivity index (χ1v) is 5.86. The molecule has 0 fully saturated rings. The molecule has 3 heteroatoms. The van der Waals surface area contributed by atoms with Gasteiger partial charge >= 0.3 is 0 Å². The SMILES string of the molecule is CCCCCC(=O)NC(C#N)(CC)CC. The van der Waals surface area contributed by atoms with Crippen molar-refractivity contribution in [3.63, 3.8) is 0 Å². The third-order valence-corrected chi connectivity index (χ3v) is 2.81. The fourth-order valence-electron chi connectivity index (χ4n) is 1.48. The molecule has 0 radical (unpaired) electrons. The highest BCUT2D eigenvalue weighted by molar-refractivity contribution is 5.77. The molecule has 0 aliphatic rings. The molecule has 1 N–H and O–H groups in total. The van der Waals surface area contributed by atoms with Crippen molar-refractivity contribution in [3.05, 3.63) is 0 Å². The second kappa shape index (κ2) is 7.28. The van der Waals surface area contributed by atoms with Crippen LogP contribution in [0, 0.1) is 11.3 Å². The van der Waals surface area contributed by atoms with Crippen LogP contribution in [0.3, 0.4) is 0 Å². The number of nitrogens with zero attached hydrogens (tertiary/aromatic N) is 1. The van der Waals surface area contributed by atoms with Gasteiger partial charge in [0.05, 0.1) is 6.07 Å². The minimum Gasteiger partial charge on any atom is -0.338 e. The lowest BCUT2D eigenvalue weighted by Gasteiger charge is -2.24. The zero-order valence-corrected chi connectivity index (χ0v) is 10.1. The number of unbranched alkanes of at least 4 members (excludes halogenated alkanes) is 2. The van der Waals surface area contributed by atoms with Crippen molar-refractivity contribution < 1.29 is 4.79 Å². The average Bonchev–Trinajstić information content (AvgIpc) is 2.26. The zero-order chi connectivity index (χ0) is 11.7. The van der Waals surface area contributed by atoms with E-state index in [2.05, 4.69) is 18.3 Å². The summed E-state index contributed by atoms with van der Waals surface area (Å²) in [7, 11) is 0. The predicted octanol–water partition coefficient (Wildman–Crippen LogP) is 2.77. The lowest BCUT2D eigenvalue weighted by Crippen LogP contribution is -2.46. The van der Waals surface area contributed by atoms with Gasteiger partial charge in [-0.15, -0.1) is 0 Å². The van der Waals surface area contributed by atoms with Gasteiger partial charge in [-0.3, -0.25) is 4.79 Å². The van der Waals surface area contributed by atoms with Crippen LogP contribution in [0.2, 0.25) is 0 Å². The molecule has 0 spiro atoms. The summed E-state index contributed by atoms with van der Waals surface area (Å²) in [4.78, 5) is 11.5. The summed E-state index contributed by atoms with van der Waals surface area (Å²) in [6.07, 6.45) is 4.97. The normalized spacial score (nSPS) is 10.8. The van der Waals surface area contributed by atoms with Gasteiger partial charge in [-0.25, -0.2) is 0 Å². The Hall–Kier alpha value is -1.04. The topological polar surface area (TPSA) is 52.9 Å². The van der Waals surface area contributed by atoms with Gasteiger partial charge in [0.25, 0.3) is 0 Å². The minimum atomic E-state index is -0.650. The molecule has 1 amide bonds. The predicted molar refractivity (Wildman–Crippen MR) is 61.2 cm³/mol. The smallest absolute Gasteiger partial charge is 0.221 e. The van der Waals surface area contributed by atoms with Gasteiger partial charge in [-0.2, -0.15) is 5.26 Å². The molecular formula is C12H22N2O. The van der Waals surface area contributed by atoms with E-state index in [0.717, 1.165) is 19.3 Å². The van der Waals surface area contributed by atoms with Gasteiger partial charge in [0.1, 0.15) is 5.54 Å². The average molecular weight is 210 g/mol. The summed E-state index contributed by atoms with van der Waals surface area (Å²) in [6, 6.07) is 2.20. The monoisotopic (exact) mass is 210 g/mol. The molecule has 0 aromatic rings. The number of hydrogen-bond donors (Lipinski definition) is 1. The van der Waals surface area contributed by atoms with E-state index in [1.165, 1.54) is 0 Å². The van der Waals surface area contributed by atoms with Gasteiger partial charge in [0.15, 0.2) is 0 Å². The van der Waals surface area contributed by atoms with E-state index in [1.807, 2.05) is 13.8 Å². The largest absolute Gasteiger partial charge is 0.338 e. The second-order valence-electron chi connectivity index (χ2n) is 3.91. The maximum absolute atomic E-state index is 11.5. The molecule has 0 atom stereocenters. The minimum absolute atomic E-state index is 0.00806. The van der Waals surface area contributed by atoms with Crippen LogP contribution >= 0.6 is 0 Å².